The number of carbonyl (C=O) groups excluding carboxylic acids is 1. The Balaban J connectivity index is 1.64. The van der Waals surface area contributed by atoms with Crippen LogP contribution in [-0.4, -0.2) is 15.8 Å². The highest BCUT2D eigenvalue weighted by molar-refractivity contribution is 7.21. The zero-order valence-electron chi connectivity index (χ0n) is 14.6. The van der Waals surface area contributed by atoms with Crippen molar-refractivity contribution in [2.24, 2.45) is 0 Å². The average molecular weight is 428 g/mol. The number of hydrogen-bond acceptors (Lipinski definition) is 5. The van der Waals surface area contributed by atoms with Gasteiger partial charge < -0.3 is 5.32 Å². The van der Waals surface area contributed by atoms with E-state index in [1.807, 2.05) is 30.3 Å². The minimum atomic E-state index is -1.10. The molecule has 4 aromatic rings. The van der Waals surface area contributed by atoms with Crippen molar-refractivity contribution in [2.75, 3.05) is 5.32 Å². The maximum atomic E-state index is 13.6. The number of hydrogen-bond donors (Lipinski definition) is 1. The van der Waals surface area contributed by atoms with E-state index < -0.39 is 22.3 Å². The molecule has 0 atom stereocenters. The van der Waals surface area contributed by atoms with Crippen molar-refractivity contribution in [1.29, 1.82) is 0 Å². The van der Waals surface area contributed by atoms with Gasteiger partial charge in [-0.1, -0.05) is 35.9 Å². The molecule has 0 spiro atoms. The van der Waals surface area contributed by atoms with E-state index in [0.717, 1.165) is 32.9 Å². The Labute approximate surface area is 172 Å². The summed E-state index contributed by atoms with van der Waals surface area (Å²) in [6.45, 7) is 0. The van der Waals surface area contributed by atoms with Crippen LogP contribution in [-0.2, 0) is 0 Å². The zero-order chi connectivity index (χ0) is 20.5. The molecular weight excluding hydrogens is 417 g/mol. The molecule has 0 aliphatic heterocycles. The fourth-order valence-electron chi connectivity index (χ4n) is 2.78. The number of anilines is 1. The molecule has 6 nitrogen and oxygen atoms in total. The smallest absolute Gasteiger partial charge is 0.305 e. The molecule has 1 heterocycles. The fourth-order valence-corrected chi connectivity index (χ4v) is 3.97. The lowest BCUT2D eigenvalue weighted by atomic mass is 10.1. The first-order valence-electron chi connectivity index (χ1n) is 8.33. The first-order valence-corrected chi connectivity index (χ1v) is 9.52. The van der Waals surface area contributed by atoms with Crippen LogP contribution in [0.3, 0.4) is 0 Å². The standard InChI is InChI=1S/C20H11ClFN3O3S/c21-14-10-15(22)17(25(27)28)9-13(14)19(26)23-12-5-3-4-11(8-12)20-24-16-6-1-2-7-18(16)29-20/h1-10H,(H,23,26). The predicted octanol–water partition coefficient (Wildman–Crippen LogP) is 5.92. The summed E-state index contributed by atoms with van der Waals surface area (Å²) in [7, 11) is 0. The van der Waals surface area contributed by atoms with Gasteiger partial charge in [-0.25, -0.2) is 4.98 Å². The van der Waals surface area contributed by atoms with Gasteiger partial charge in [0.1, 0.15) is 5.01 Å². The molecule has 0 unspecified atom stereocenters. The van der Waals surface area contributed by atoms with Crippen LogP contribution >= 0.6 is 22.9 Å². The Morgan fingerprint density at radius 2 is 1.93 bits per heavy atom. The third-order valence-electron chi connectivity index (χ3n) is 4.14. The molecule has 0 aliphatic rings. The monoisotopic (exact) mass is 427 g/mol. The van der Waals surface area contributed by atoms with E-state index in [9.17, 15) is 19.3 Å². The first kappa shape index (κ1) is 19.0. The highest BCUT2D eigenvalue weighted by Crippen LogP contribution is 2.32. The van der Waals surface area contributed by atoms with Crippen LogP contribution in [0.1, 0.15) is 10.4 Å². The Bertz CT molecular complexity index is 1240. The number of nitrogens with one attached hydrogen (secondary N) is 1. The first-order chi connectivity index (χ1) is 13.9. The molecule has 0 saturated carbocycles. The Morgan fingerprint density at radius 1 is 1.14 bits per heavy atom. The van der Waals surface area contributed by atoms with Gasteiger partial charge in [0.2, 0.25) is 5.82 Å². The summed E-state index contributed by atoms with van der Waals surface area (Å²) in [5.41, 5.74) is 1.13. The van der Waals surface area contributed by atoms with Crippen molar-refractivity contribution in [2.45, 2.75) is 0 Å². The maximum Gasteiger partial charge on any atom is 0.305 e. The van der Waals surface area contributed by atoms with Crippen LogP contribution in [0.25, 0.3) is 20.8 Å². The summed E-state index contributed by atoms with van der Waals surface area (Å²) in [5.74, 6) is -1.78. The number of carbonyl (C=O) groups is 1. The van der Waals surface area contributed by atoms with Crippen LogP contribution in [0.5, 0.6) is 0 Å². The number of amides is 1. The molecule has 9 heteroatoms. The molecule has 0 radical (unpaired) electrons. The zero-order valence-corrected chi connectivity index (χ0v) is 16.1. The lowest BCUT2D eigenvalue weighted by Gasteiger charge is -2.08. The number of thiazole rings is 1. The third-order valence-corrected chi connectivity index (χ3v) is 5.54. The minimum Gasteiger partial charge on any atom is -0.322 e. The molecule has 0 aliphatic carbocycles. The average Bonchev–Trinajstić information content (AvgIpc) is 3.12. The SMILES string of the molecule is O=C(Nc1cccc(-c2nc3ccccc3s2)c1)c1cc([N+](=O)[O-])c(F)cc1Cl. The maximum absolute atomic E-state index is 13.6. The third kappa shape index (κ3) is 3.80. The summed E-state index contributed by atoms with van der Waals surface area (Å²) in [6, 6.07) is 16.4. The van der Waals surface area contributed by atoms with Gasteiger partial charge in [0.15, 0.2) is 0 Å². The highest BCUT2D eigenvalue weighted by atomic mass is 35.5. The molecule has 0 bridgehead atoms. The van der Waals surface area contributed by atoms with Crippen molar-refractivity contribution < 1.29 is 14.1 Å². The van der Waals surface area contributed by atoms with Gasteiger partial charge in [0.25, 0.3) is 5.91 Å². The fraction of sp³-hybridized carbons (Fsp3) is 0. The lowest BCUT2D eigenvalue weighted by molar-refractivity contribution is -0.387. The van der Waals surface area contributed by atoms with E-state index >= 15 is 0 Å². The number of fused-ring (bicyclic) bond motifs is 1. The van der Waals surface area contributed by atoms with E-state index in [2.05, 4.69) is 10.3 Å². The van der Waals surface area contributed by atoms with Crippen LogP contribution in [0.15, 0.2) is 60.7 Å². The normalized spacial score (nSPS) is 10.8. The van der Waals surface area contributed by atoms with Gasteiger partial charge in [0.05, 0.1) is 25.7 Å². The minimum absolute atomic E-state index is 0.190. The topological polar surface area (TPSA) is 85.1 Å². The van der Waals surface area contributed by atoms with E-state index in [1.54, 1.807) is 18.2 Å². The molecule has 29 heavy (non-hydrogen) atoms. The Hall–Kier alpha value is -3.36. The van der Waals surface area contributed by atoms with Gasteiger partial charge in [-0.15, -0.1) is 11.3 Å². The number of benzene rings is 3. The second-order valence-electron chi connectivity index (χ2n) is 6.06. The van der Waals surface area contributed by atoms with Gasteiger partial charge in [-0.05, 0) is 24.3 Å². The van der Waals surface area contributed by atoms with Crippen molar-refractivity contribution >= 4 is 50.4 Å². The van der Waals surface area contributed by atoms with Crippen molar-refractivity contribution in [3.63, 3.8) is 0 Å². The number of aromatic nitrogens is 1. The molecule has 4 rings (SSSR count). The number of nitro benzene ring substituents is 1. The number of rotatable bonds is 4. The molecule has 1 amide bonds. The van der Waals surface area contributed by atoms with E-state index in [0.29, 0.717) is 5.69 Å². The second kappa shape index (κ2) is 7.57. The molecular formula is C20H11ClFN3O3S. The van der Waals surface area contributed by atoms with Gasteiger partial charge in [-0.3, -0.25) is 14.9 Å². The summed E-state index contributed by atoms with van der Waals surface area (Å²) in [5, 5.41) is 14.1. The van der Waals surface area contributed by atoms with Gasteiger partial charge in [-0.2, -0.15) is 4.39 Å². The largest absolute Gasteiger partial charge is 0.322 e. The molecule has 0 fully saturated rings. The van der Waals surface area contributed by atoms with Crippen LogP contribution in [0, 0.1) is 15.9 Å². The summed E-state index contributed by atoms with van der Waals surface area (Å²) >= 11 is 7.43. The van der Waals surface area contributed by atoms with Crippen molar-refractivity contribution in [3.8, 4) is 10.6 Å². The van der Waals surface area contributed by atoms with E-state index in [1.165, 1.54) is 11.3 Å². The molecule has 1 N–H and O–H groups in total. The Kier molecular flexibility index (Phi) is 4.96. The number of nitro groups is 1. The quantitative estimate of drug-likeness (QED) is 0.323. The highest BCUT2D eigenvalue weighted by Gasteiger charge is 2.21. The van der Waals surface area contributed by atoms with Crippen LogP contribution in [0.4, 0.5) is 15.8 Å². The molecule has 144 valence electrons. The number of nitrogens with zero attached hydrogens (tertiary/aromatic N) is 2. The number of halogens is 2. The second-order valence-corrected chi connectivity index (χ2v) is 7.50. The van der Waals surface area contributed by atoms with E-state index in [-0.39, 0.29) is 10.6 Å². The lowest BCUT2D eigenvalue weighted by Crippen LogP contribution is -2.13. The Morgan fingerprint density at radius 3 is 2.69 bits per heavy atom. The summed E-state index contributed by atoms with van der Waals surface area (Å²) in [4.78, 5) is 27.2. The molecule has 3 aromatic carbocycles. The summed E-state index contributed by atoms with van der Waals surface area (Å²) in [6.07, 6.45) is 0. The van der Waals surface area contributed by atoms with Gasteiger partial charge >= 0.3 is 5.69 Å². The van der Waals surface area contributed by atoms with Crippen LogP contribution in [0.2, 0.25) is 5.02 Å². The molecule has 1 aromatic heterocycles. The molecule has 0 saturated heterocycles. The van der Waals surface area contributed by atoms with Crippen molar-refractivity contribution in [1.82, 2.24) is 4.98 Å². The van der Waals surface area contributed by atoms with Gasteiger partial charge in [0, 0.05) is 23.4 Å². The number of para-hydroxylation sites is 1. The van der Waals surface area contributed by atoms with E-state index in [4.69, 9.17) is 11.6 Å². The van der Waals surface area contributed by atoms with Crippen LogP contribution < -0.4 is 5.32 Å². The predicted molar refractivity (Wildman–Crippen MR) is 111 cm³/mol. The summed E-state index contributed by atoms with van der Waals surface area (Å²) < 4.78 is 14.7. The van der Waals surface area contributed by atoms with Crippen molar-refractivity contribution in [3.05, 3.63) is 87.2 Å².